The van der Waals surface area contributed by atoms with Crippen LogP contribution in [0.2, 0.25) is 0 Å². The van der Waals surface area contributed by atoms with Crippen LogP contribution in [-0.4, -0.2) is 26.2 Å². The van der Waals surface area contributed by atoms with Crippen molar-refractivity contribution in [3.63, 3.8) is 0 Å². The van der Waals surface area contributed by atoms with E-state index in [4.69, 9.17) is 0 Å². The molecule has 0 aliphatic carbocycles. The highest BCUT2D eigenvalue weighted by atomic mass is 32.1. The summed E-state index contributed by atoms with van der Waals surface area (Å²) >= 11 is 4.52. The summed E-state index contributed by atoms with van der Waals surface area (Å²) in [6.07, 6.45) is 0. The van der Waals surface area contributed by atoms with Crippen LogP contribution in [0.5, 0.6) is 0 Å². The lowest BCUT2D eigenvalue weighted by molar-refractivity contribution is 0.859. The van der Waals surface area contributed by atoms with E-state index >= 15 is 0 Å². The Morgan fingerprint density at radius 3 is 1.38 bits per heavy atom. The van der Waals surface area contributed by atoms with Crippen molar-refractivity contribution < 1.29 is 0 Å². The van der Waals surface area contributed by atoms with E-state index in [2.05, 4.69) is 125 Å². The molecule has 3 rings (SSSR count). The molecular weight excluding hydrogens is 408 g/mol. The number of aryl methyl sites for hydroxylation is 2. The molecule has 0 radical (unpaired) electrons. The molecule has 32 heavy (non-hydrogen) atoms. The van der Waals surface area contributed by atoms with Crippen LogP contribution in [0.25, 0.3) is 0 Å². The molecule has 0 fully saturated rings. The lowest BCUT2D eigenvalue weighted by atomic mass is 9.81. The Labute approximate surface area is 200 Å². The van der Waals surface area contributed by atoms with Crippen LogP contribution >= 0.6 is 12.6 Å². The lowest BCUT2D eigenvalue weighted by Gasteiger charge is -2.27. The third kappa shape index (κ3) is 5.15. The van der Waals surface area contributed by atoms with Crippen LogP contribution in [0.3, 0.4) is 0 Å². The molecule has 0 N–H and O–H groups in total. The van der Waals surface area contributed by atoms with Crippen molar-refractivity contribution in [3.05, 3.63) is 88.5 Å². The summed E-state index contributed by atoms with van der Waals surface area (Å²) in [5, 5.41) is 0. The summed E-state index contributed by atoms with van der Waals surface area (Å²) in [7, 11) is 0. The second-order valence-electron chi connectivity index (χ2n) is 8.45. The zero-order valence-corrected chi connectivity index (χ0v) is 21.4. The average Bonchev–Trinajstić information content (AvgIpc) is 2.79. The first-order valence-electron chi connectivity index (χ1n) is 11.9. The van der Waals surface area contributed by atoms with Crippen LogP contribution in [0.4, 0.5) is 11.4 Å². The number of benzene rings is 3. The largest absolute Gasteiger partial charge is 0.372 e. The van der Waals surface area contributed by atoms with Gasteiger partial charge in [0, 0.05) is 48.4 Å². The second kappa shape index (κ2) is 11.0. The van der Waals surface area contributed by atoms with Gasteiger partial charge >= 0.3 is 0 Å². The maximum Gasteiger partial charge on any atom is 0.0368 e. The third-order valence-corrected chi connectivity index (χ3v) is 6.91. The lowest BCUT2D eigenvalue weighted by Crippen LogP contribution is -2.22. The van der Waals surface area contributed by atoms with Crippen LogP contribution in [0.1, 0.15) is 61.4 Å². The van der Waals surface area contributed by atoms with Gasteiger partial charge in [-0.3, -0.25) is 0 Å². The average molecular weight is 447 g/mol. The maximum absolute atomic E-state index is 4.52. The predicted molar refractivity (Wildman–Crippen MR) is 144 cm³/mol. The second-order valence-corrected chi connectivity index (χ2v) is 8.97. The molecule has 0 saturated heterocycles. The van der Waals surface area contributed by atoms with E-state index in [1.165, 1.54) is 39.2 Å². The standard InChI is InChI=1S/C29H38N2S/c1-7-30(8-2)24-13-17-27(21(5)19-24)29(23-11-15-26(32)16-12-23)28-18-14-25(20-22(28)6)31(9-3)10-4/h11-20,29,32H,7-10H2,1-6H3. The highest BCUT2D eigenvalue weighted by Gasteiger charge is 2.22. The first-order valence-corrected chi connectivity index (χ1v) is 12.4. The topological polar surface area (TPSA) is 6.48 Å². The van der Waals surface area contributed by atoms with E-state index in [1.807, 2.05) is 0 Å². The first-order chi connectivity index (χ1) is 15.4. The van der Waals surface area contributed by atoms with Crippen molar-refractivity contribution in [1.82, 2.24) is 0 Å². The SMILES string of the molecule is CCN(CC)c1ccc(C(c2ccc(S)cc2)c2ccc(N(CC)CC)cc2C)c(C)c1. The Morgan fingerprint density at radius 2 is 1.03 bits per heavy atom. The van der Waals surface area contributed by atoms with Crippen molar-refractivity contribution in [2.45, 2.75) is 52.4 Å². The van der Waals surface area contributed by atoms with E-state index in [1.54, 1.807) is 0 Å². The molecule has 0 unspecified atom stereocenters. The quantitative estimate of drug-likeness (QED) is 0.269. The van der Waals surface area contributed by atoms with Gasteiger partial charge in [0.15, 0.2) is 0 Å². The van der Waals surface area contributed by atoms with E-state index in [9.17, 15) is 0 Å². The Morgan fingerprint density at radius 1 is 0.625 bits per heavy atom. The van der Waals surface area contributed by atoms with E-state index in [0.717, 1.165) is 31.1 Å². The molecule has 0 heterocycles. The highest BCUT2D eigenvalue weighted by Crippen LogP contribution is 2.38. The van der Waals surface area contributed by atoms with Crippen molar-refractivity contribution in [1.29, 1.82) is 0 Å². The fourth-order valence-electron chi connectivity index (χ4n) is 4.73. The summed E-state index contributed by atoms with van der Waals surface area (Å²) in [6, 6.07) is 22.6. The Balaban J connectivity index is 2.13. The summed E-state index contributed by atoms with van der Waals surface area (Å²) in [5.41, 5.74) is 9.31. The summed E-state index contributed by atoms with van der Waals surface area (Å²) in [4.78, 5) is 5.81. The normalized spacial score (nSPS) is 11.1. The predicted octanol–water partition coefficient (Wildman–Crippen LogP) is 7.46. The monoisotopic (exact) mass is 446 g/mol. The number of anilines is 2. The molecule has 3 aromatic rings. The van der Waals surface area contributed by atoms with E-state index < -0.39 is 0 Å². The van der Waals surface area contributed by atoms with Gasteiger partial charge in [-0.25, -0.2) is 0 Å². The van der Waals surface area contributed by atoms with Gasteiger partial charge in [0.1, 0.15) is 0 Å². The fraction of sp³-hybridized carbons (Fsp3) is 0.379. The van der Waals surface area contributed by atoms with Gasteiger partial charge in [-0.05, 0) is 106 Å². The minimum absolute atomic E-state index is 0.195. The van der Waals surface area contributed by atoms with Crippen molar-refractivity contribution >= 4 is 24.0 Å². The molecule has 0 saturated carbocycles. The Hall–Kier alpha value is -2.39. The van der Waals surface area contributed by atoms with Gasteiger partial charge in [-0.15, -0.1) is 12.6 Å². The Kier molecular flexibility index (Phi) is 8.31. The molecule has 0 spiro atoms. The Bertz CT molecular complexity index is 956. The molecule has 0 aliphatic heterocycles. The number of rotatable bonds is 9. The zero-order chi connectivity index (χ0) is 23.3. The molecule has 0 bridgehead atoms. The van der Waals surface area contributed by atoms with Gasteiger partial charge < -0.3 is 9.80 Å². The smallest absolute Gasteiger partial charge is 0.0368 e. The molecule has 3 heteroatoms. The maximum atomic E-state index is 4.52. The molecule has 0 aliphatic rings. The van der Waals surface area contributed by atoms with Gasteiger partial charge in [-0.1, -0.05) is 24.3 Å². The molecule has 170 valence electrons. The van der Waals surface area contributed by atoms with Crippen LogP contribution in [0.15, 0.2) is 65.6 Å². The summed E-state index contributed by atoms with van der Waals surface area (Å²) in [5.74, 6) is 0.195. The molecule has 0 atom stereocenters. The fourth-order valence-corrected chi connectivity index (χ4v) is 4.88. The number of thiol groups is 1. The first kappa shape index (κ1) is 24.3. The minimum Gasteiger partial charge on any atom is -0.372 e. The molecule has 2 nitrogen and oxygen atoms in total. The van der Waals surface area contributed by atoms with E-state index in [0.29, 0.717) is 0 Å². The third-order valence-electron chi connectivity index (χ3n) is 6.61. The van der Waals surface area contributed by atoms with Gasteiger partial charge in [-0.2, -0.15) is 0 Å². The molecular formula is C29H38N2S. The van der Waals surface area contributed by atoms with Crippen molar-refractivity contribution in [3.8, 4) is 0 Å². The van der Waals surface area contributed by atoms with Gasteiger partial charge in [0.05, 0.1) is 0 Å². The van der Waals surface area contributed by atoms with Crippen molar-refractivity contribution in [2.75, 3.05) is 36.0 Å². The van der Waals surface area contributed by atoms with E-state index in [-0.39, 0.29) is 5.92 Å². The van der Waals surface area contributed by atoms with Crippen LogP contribution in [0, 0.1) is 13.8 Å². The van der Waals surface area contributed by atoms with Gasteiger partial charge in [0.25, 0.3) is 0 Å². The van der Waals surface area contributed by atoms with Crippen molar-refractivity contribution in [2.24, 2.45) is 0 Å². The minimum atomic E-state index is 0.195. The molecule has 0 aromatic heterocycles. The molecule has 3 aromatic carbocycles. The summed E-state index contributed by atoms with van der Waals surface area (Å²) in [6.45, 7) is 17.5. The highest BCUT2D eigenvalue weighted by molar-refractivity contribution is 7.80. The van der Waals surface area contributed by atoms with Crippen LogP contribution < -0.4 is 9.80 Å². The molecule has 0 amide bonds. The number of hydrogen-bond acceptors (Lipinski definition) is 3. The van der Waals surface area contributed by atoms with Crippen LogP contribution in [-0.2, 0) is 0 Å². The summed E-state index contributed by atoms with van der Waals surface area (Å²) < 4.78 is 0. The van der Waals surface area contributed by atoms with Gasteiger partial charge in [0.2, 0.25) is 0 Å². The number of nitrogens with zero attached hydrogens (tertiary/aromatic N) is 2. The number of hydrogen-bond donors (Lipinski definition) is 1. The zero-order valence-electron chi connectivity index (χ0n) is 20.5.